The summed E-state index contributed by atoms with van der Waals surface area (Å²) in [6.45, 7) is 8.25. The number of fused-ring (bicyclic) bond motifs is 2. The second kappa shape index (κ2) is 15.8. The Labute approximate surface area is 272 Å². The molecule has 3 aromatic rings. The van der Waals surface area contributed by atoms with E-state index >= 15 is 0 Å². The standard InChI is InChI=1S/C36H48N4O6/c1-37-13-18-42-34-23-38-24-35(45-25-26-5-12-32-31(21-26)40(16-20-43-32)14-4-17-41-3)36(34)27-6-8-28(9-7-27)46-29-10-11-30-33(22-29)44-19-15-39(30)2/h5-12,21-22,34-38H,4,13-20,23-25H2,1-3H3. The van der Waals surface area contributed by atoms with Crippen molar-refractivity contribution in [3.63, 3.8) is 0 Å². The molecule has 3 aromatic carbocycles. The van der Waals surface area contributed by atoms with Crippen molar-refractivity contribution >= 4 is 11.4 Å². The predicted octanol–water partition coefficient (Wildman–Crippen LogP) is 4.42. The first-order valence-corrected chi connectivity index (χ1v) is 16.5. The number of hydrogen-bond acceptors (Lipinski definition) is 10. The van der Waals surface area contributed by atoms with Crippen LogP contribution in [0.2, 0.25) is 0 Å². The van der Waals surface area contributed by atoms with E-state index in [-0.39, 0.29) is 18.1 Å². The maximum absolute atomic E-state index is 6.70. The molecule has 1 saturated heterocycles. The van der Waals surface area contributed by atoms with Crippen LogP contribution >= 0.6 is 0 Å². The highest BCUT2D eigenvalue weighted by atomic mass is 16.5. The van der Waals surface area contributed by atoms with Gasteiger partial charge in [0.15, 0.2) is 0 Å². The van der Waals surface area contributed by atoms with E-state index in [0.29, 0.717) is 26.4 Å². The van der Waals surface area contributed by atoms with E-state index in [0.717, 1.165) is 92.2 Å². The van der Waals surface area contributed by atoms with Gasteiger partial charge in [0.25, 0.3) is 0 Å². The SMILES string of the molecule is CNCCOC1CNCC(OCc2ccc3c(c2)N(CCCOC)CCO3)C1c1ccc(Oc2ccc3c(c2)OCCN3C)cc1. The molecule has 0 amide bonds. The van der Waals surface area contributed by atoms with Crippen LogP contribution in [0.4, 0.5) is 11.4 Å². The molecular formula is C36H48N4O6. The molecule has 6 rings (SSSR count). The molecule has 3 heterocycles. The summed E-state index contributed by atoms with van der Waals surface area (Å²) < 4.78 is 36.5. The van der Waals surface area contributed by atoms with Gasteiger partial charge in [0, 0.05) is 58.9 Å². The van der Waals surface area contributed by atoms with Gasteiger partial charge in [0.05, 0.1) is 49.9 Å². The Morgan fingerprint density at radius 2 is 1.63 bits per heavy atom. The Morgan fingerprint density at radius 3 is 2.46 bits per heavy atom. The number of anilines is 2. The molecule has 0 radical (unpaired) electrons. The van der Waals surface area contributed by atoms with Crippen molar-refractivity contribution < 1.29 is 28.4 Å². The Hall–Kier alpha value is -3.54. The number of rotatable bonds is 14. The van der Waals surface area contributed by atoms with E-state index in [9.17, 15) is 0 Å². The molecular weight excluding hydrogens is 584 g/mol. The Kier molecular flexibility index (Phi) is 11.2. The first-order valence-electron chi connectivity index (χ1n) is 16.5. The first kappa shape index (κ1) is 32.4. The number of benzene rings is 3. The van der Waals surface area contributed by atoms with Crippen LogP contribution in [0.25, 0.3) is 0 Å². The van der Waals surface area contributed by atoms with Crippen LogP contribution in [0.5, 0.6) is 23.0 Å². The van der Waals surface area contributed by atoms with Crippen molar-refractivity contribution in [2.45, 2.75) is 31.2 Å². The molecule has 3 unspecified atom stereocenters. The molecule has 3 aliphatic heterocycles. The highest BCUT2D eigenvalue weighted by Crippen LogP contribution is 2.37. The highest BCUT2D eigenvalue weighted by molar-refractivity contribution is 5.62. The average Bonchev–Trinajstić information content (AvgIpc) is 3.08. The summed E-state index contributed by atoms with van der Waals surface area (Å²) in [4.78, 5) is 4.58. The smallest absolute Gasteiger partial charge is 0.146 e. The third kappa shape index (κ3) is 7.87. The average molecular weight is 633 g/mol. The van der Waals surface area contributed by atoms with E-state index in [2.05, 4.69) is 63.9 Å². The fourth-order valence-corrected chi connectivity index (χ4v) is 6.47. The van der Waals surface area contributed by atoms with Crippen LogP contribution in [-0.4, -0.2) is 99.1 Å². The lowest BCUT2D eigenvalue weighted by molar-refractivity contribution is -0.0589. The van der Waals surface area contributed by atoms with Gasteiger partial charge in [-0.05, 0) is 61.0 Å². The van der Waals surface area contributed by atoms with Crippen LogP contribution in [0.3, 0.4) is 0 Å². The monoisotopic (exact) mass is 632 g/mol. The zero-order valence-corrected chi connectivity index (χ0v) is 27.3. The lowest BCUT2D eigenvalue weighted by atomic mass is 9.85. The minimum atomic E-state index is -0.0695. The molecule has 3 aliphatic rings. The summed E-state index contributed by atoms with van der Waals surface area (Å²) >= 11 is 0. The van der Waals surface area contributed by atoms with E-state index in [1.165, 1.54) is 5.56 Å². The fourth-order valence-electron chi connectivity index (χ4n) is 6.47. The van der Waals surface area contributed by atoms with E-state index < -0.39 is 0 Å². The highest BCUT2D eigenvalue weighted by Gasteiger charge is 2.36. The van der Waals surface area contributed by atoms with Gasteiger partial charge >= 0.3 is 0 Å². The lowest BCUT2D eigenvalue weighted by Crippen LogP contribution is -2.51. The van der Waals surface area contributed by atoms with Gasteiger partial charge in [-0.2, -0.15) is 0 Å². The number of likely N-dealkylation sites (N-methyl/N-ethyl adjacent to an activating group) is 2. The van der Waals surface area contributed by atoms with E-state index in [1.807, 2.05) is 31.3 Å². The van der Waals surface area contributed by atoms with Gasteiger partial charge in [-0.25, -0.2) is 0 Å². The van der Waals surface area contributed by atoms with Crippen molar-refractivity contribution in [1.29, 1.82) is 0 Å². The maximum Gasteiger partial charge on any atom is 0.146 e. The van der Waals surface area contributed by atoms with Crippen molar-refractivity contribution in [2.75, 3.05) is 96.7 Å². The molecule has 2 N–H and O–H groups in total. The molecule has 3 atom stereocenters. The third-order valence-corrected chi connectivity index (χ3v) is 8.93. The third-order valence-electron chi connectivity index (χ3n) is 8.93. The molecule has 1 fully saturated rings. The quantitative estimate of drug-likeness (QED) is 0.249. The van der Waals surface area contributed by atoms with Crippen LogP contribution in [0.15, 0.2) is 60.7 Å². The molecule has 0 saturated carbocycles. The Balaban J connectivity index is 1.16. The zero-order valence-electron chi connectivity index (χ0n) is 27.3. The van der Waals surface area contributed by atoms with E-state index in [1.54, 1.807) is 7.11 Å². The molecule has 0 spiro atoms. The van der Waals surface area contributed by atoms with Crippen LogP contribution in [-0.2, 0) is 20.8 Å². The number of ether oxygens (including phenoxy) is 6. The first-order chi connectivity index (χ1) is 22.6. The topological polar surface area (TPSA) is 85.9 Å². The number of nitrogens with zero attached hydrogens (tertiary/aromatic N) is 2. The number of hydrogen-bond donors (Lipinski definition) is 2. The minimum Gasteiger partial charge on any atom is -0.490 e. The number of methoxy groups -OCH3 is 1. The van der Waals surface area contributed by atoms with Gasteiger partial charge in [0.1, 0.15) is 36.2 Å². The largest absolute Gasteiger partial charge is 0.490 e. The summed E-state index contributed by atoms with van der Waals surface area (Å²) in [5.41, 5.74) is 4.51. The van der Waals surface area contributed by atoms with Gasteiger partial charge < -0.3 is 48.9 Å². The van der Waals surface area contributed by atoms with Crippen molar-refractivity contribution in [2.24, 2.45) is 0 Å². The fraction of sp³-hybridized carbons (Fsp3) is 0.500. The van der Waals surface area contributed by atoms with E-state index in [4.69, 9.17) is 28.4 Å². The molecule has 10 heteroatoms. The molecule has 10 nitrogen and oxygen atoms in total. The summed E-state index contributed by atoms with van der Waals surface area (Å²) in [7, 11) is 5.77. The zero-order chi connectivity index (χ0) is 31.7. The maximum atomic E-state index is 6.70. The van der Waals surface area contributed by atoms with Gasteiger partial charge in [0.2, 0.25) is 0 Å². The molecule has 248 valence electrons. The van der Waals surface area contributed by atoms with Crippen molar-refractivity contribution in [1.82, 2.24) is 10.6 Å². The predicted molar refractivity (Wildman–Crippen MR) is 180 cm³/mol. The van der Waals surface area contributed by atoms with Crippen LogP contribution in [0.1, 0.15) is 23.5 Å². The molecule has 0 bridgehead atoms. The Bertz CT molecular complexity index is 1410. The molecule has 0 aromatic heterocycles. The van der Waals surface area contributed by atoms with Gasteiger partial charge in [-0.15, -0.1) is 0 Å². The van der Waals surface area contributed by atoms with Crippen LogP contribution < -0.4 is 34.6 Å². The van der Waals surface area contributed by atoms with Crippen molar-refractivity contribution in [3.8, 4) is 23.0 Å². The normalized spacial score (nSPS) is 20.8. The lowest BCUT2D eigenvalue weighted by Gasteiger charge is -2.39. The number of piperidine rings is 1. The van der Waals surface area contributed by atoms with Gasteiger partial charge in [-0.3, -0.25) is 0 Å². The summed E-state index contributed by atoms with van der Waals surface area (Å²) in [5, 5.41) is 6.75. The summed E-state index contributed by atoms with van der Waals surface area (Å²) in [5.74, 6) is 3.38. The minimum absolute atomic E-state index is 0.0261. The second-order valence-corrected chi connectivity index (χ2v) is 12.1. The second-order valence-electron chi connectivity index (χ2n) is 12.1. The van der Waals surface area contributed by atoms with Crippen molar-refractivity contribution in [3.05, 3.63) is 71.8 Å². The van der Waals surface area contributed by atoms with Gasteiger partial charge in [-0.1, -0.05) is 18.2 Å². The molecule has 0 aliphatic carbocycles. The summed E-state index contributed by atoms with van der Waals surface area (Å²) in [6, 6.07) is 20.8. The number of nitrogens with one attached hydrogen (secondary N) is 2. The molecule has 46 heavy (non-hydrogen) atoms. The van der Waals surface area contributed by atoms with Crippen LogP contribution in [0, 0.1) is 0 Å². The summed E-state index contributed by atoms with van der Waals surface area (Å²) in [6.07, 6.45) is 0.881. The Morgan fingerprint density at radius 1 is 0.848 bits per heavy atom.